The Kier molecular flexibility index (Phi) is 7.19. The molecule has 0 spiro atoms. The number of rotatable bonds is 6. The molecule has 1 saturated carbocycles. The van der Waals surface area contributed by atoms with Crippen LogP contribution in [0.3, 0.4) is 0 Å². The maximum absolute atomic E-state index is 12.6. The van der Waals surface area contributed by atoms with E-state index >= 15 is 0 Å². The van der Waals surface area contributed by atoms with Crippen molar-refractivity contribution in [3.63, 3.8) is 0 Å². The molecule has 156 valence electrons. The van der Waals surface area contributed by atoms with E-state index in [-0.39, 0.29) is 17.6 Å². The summed E-state index contributed by atoms with van der Waals surface area (Å²) in [5.74, 6) is -0.640. The van der Waals surface area contributed by atoms with Gasteiger partial charge in [0.05, 0.1) is 15.5 Å². The van der Waals surface area contributed by atoms with Gasteiger partial charge in [-0.3, -0.25) is 19.7 Å². The lowest BCUT2D eigenvalue weighted by Crippen LogP contribution is -2.36. The zero-order valence-electron chi connectivity index (χ0n) is 16.3. The highest BCUT2D eigenvalue weighted by atomic mass is 35.5. The van der Waals surface area contributed by atoms with Crippen LogP contribution in [0.2, 0.25) is 5.02 Å². The van der Waals surface area contributed by atoms with Crippen molar-refractivity contribution in [2.45, 2.75) is 38.1 Å². The number of hydrogen-bond acceptors (Lipinski definition) is 4. The van der Waals surface area contributed by atoms with Crippen molar-refractivity contribution in [2.75, 3.05) is 5.32 Å². The summed E-state index contributed by atoms with van der Waals surface area (Å²) in [6, 6.07) is 10.8. The van der Waals surface area contributed by atoms with Crippen LogP contribution in [0.25, 0.3) is 6.08 Å². The highest BCUT2D eigenvalue weighted by molar-refractivity contribution is 6.34. The molecule has 3 rings (SSSR count). The molecule has 2 aromatic rings. The molecule has 1 aliphatic carbocycles. The molecule has 0 saturated heterocycles. The fourth-order valence-corrected chi connectivity index (χ4v) is 3.55. The van der Waals surface area contributed by atoms with Crippen LogP contribution in [0.15, 0.2) is 48.5 Å². The van der Waals surface area contributed by atoms with Gasteiger partial charge >= 0.3 is 0 Å². The molecule has 0 aromatic heterocycles. The Morgan fingerprint density at radius 1 is 1.07 bits per heavy atom. The predicted molar refractivity (Wildman–Crippen MR) is 117 cm³/mol. The van der Waals surface area contributed by atoms with E-state index in [4.69, 9.17) is 11.6 Å². The summed E-state index contributed by atoms with van der Waals surface area (Å²) < 4.78 is 0. The van der Waals surface area contributed by atoms with Gasteiger partial charge in [0.1, 0.15) is 0 Å². The van der Waals surface area contributed by atoms with E-state index < -0.39 is 10.8 Å². The molecule has 30 heavy (non-hydrogen) atoms. The molecule has 0 bridgehead atoms. The van der Waals surface area contributed by atoms with E-state index in [0.717, 1.165) is 25.7 Å². The molecular weight excluding hydrogens is 406 g/mol. The van der Waals surface area contributed by atoms with Gasteiger partial charge in [0.25, 0.3) is 11.6 Å². The van der Waals surface area contributed by atoms with Gasteiger partial charge in [0, 0.05) is 29.9 Å². The summed E-state index contributed by atoms with van der Waals surface area (Å²) in [5.41, 5.74) is 1.40. The van der Waals surface area contributed by atoms with Gasteiger partial charge in [-0.05, 0) is 54.8 Å². The van der Waals surface area contributed by atoms with Crippen LogP contribution in [-0.2, 0) is 4.79 Å². The van der Waals surface area contributed by atoms with Gasteiger partial charge in [0.2, 0.25) is 5.91 Å². The topological polar surface area (TPSA) is 101 Å². The number of hydrogen-bond donors (Lipinski definition) is 2. The summed E-state index contributed by atoms with van der Waals surface area (Å²) in [7, 11) is 0. The van der Waals surface area contributed by atoms with Gasteiger partial charge in [-0.1, -0.05) is 30.9 Å². The summed E-state index contributed by atoms with van der Waals surface area (Å²) in [5, 5.41) is 16.7. The van der Waals surface area contributed by atoms with Crippen molar-refractivity contribution in [1.29, 1.82) is 0 Å². The molecule has 1 fully saturated rings. The van der Waals surface area contributed by atoms with E-state index in [2.05, 4.69) is 10.6 Å². The number of nitro groups is 1. The van der Waals surface area contributed by atoms with Crippen molar-refractivity contribution in [3.8, 4) is 0 Å². The van der Waals surface area contributed by atoms with Crippen molar-refractivity contribution < 1.29 is 14.5 Å². The maximum atomic E-state index is 12.6. The van der Waals surface area contributed by atoms with E-state index in [0.29, 0.717) is 21.8 Å². The van der Waals surface area contributed by atoms with Crippen molar-refractivity contribution in [1.82, 2.24) is 5.32 Å². The zero-order chi connectivity index (χ0) is 21.5. The molecule has 0 aliphatic heterocycles. The molecule has 7 nitrogen and oxygen atoms in total. The first-order valence-corrected chi connectivity index (χ1v) is 10.1. The van der Waals surface area contributed by atoms with Crippen LogP contribution in [0.5, 0.6) is 0 Å². The average Bonchev–Trinajstić information content (AvgIpc) is 2.74. The lowest BCUT2D eigenvalue weighted by Gasteiger charge is -2.23. The number of anilines is 1. The molecule has 2 N–H and O–H groups in total. The Morgan fingerprint density at radius 2 is 1.77 bits per heavy atom. The Labute approximate surface area is 179 Å². The summed E-state index contributed by atoms with van der Waals surface area (Å²) in [4.78, 5) is 35.0. The molecule has 0 unspecified atom stereocenters. The molecule has 0 atom stereocenters. The lowest BCUT2D eigenvalue weighted by molar-refractivity contribution is -0.384. The first-order chi connectivity index (χ1) is 14.4. The van der Waals surface area contributed by atoms with Crippen LogP contribution in [0.1, 0.15) is 48.0 Å². The minimum atomic E-state index is -0.483. The average molecular weight is 428 g/mol. The first kappa shape index (κ1) is 21.5. The second-order valence-electron chi connectivity index (χ2n) is 7.17. The maximum Gasteiger partial charge on any atom is 0.269 e. The number of halogens is 1. The van der Waals surface area contributed by atoms with E-state index in [9.17, 15) is 19.7 Å². The lowest BCUT2D eigenvalue weighted by atomic mass is 9.95. The highest BCUT2D eigenvalue weighted by Gasteiger charge is 2.18. The largest absolute Gasteiger partial charge is 0.349 e. The Hall–Kier alpha value is -3.19. The fourth-order valence-electron chi connectivity index (χ4n) is 3.35. The number of carbonyl (C=O) groups is 2. The minimum absolute atomic E-state index is 0.0169. The van der Waals surface area contributed by atoms with Crippen LogP contribution in [0.4, 0.5) is 11.4 Å². The van der Waals surface area contributed by atoms with Crippen molar-refractivity contribution >= 4 is 40.9 Å². The van der Waals surface area contributed by atoms with Gasteiger partial charge in [-0.2, -0.15) is 0 Å². The number of non-ortho nitro benzene ring substituents is 1. The Balaban J connectivity index is 1.63. The van der Waals surface area contributed by atoms with Gasteiger partial charge in [0.15, 0.2) is 0 Å². The second-order valence-corrected chi connectivity index (χ2v) is 7.58. The van der Waals surface area contributed by atoms with Crippen molar-refractivity contribution in [3.05, 3.63) is 74.8 Å². The predicted octanol–water partition coefficient (Wildman–Crippen LogP) is 4.96. The second kappa shape index (κ2) is 10.0. The van der Waals surface area contributed by atoms with Crippen LogP contribution >= 0.6 is 11.6 Å². The monoisotopic (exact) mass is 427 g/mol. The van der Waals surface area contributed by atoms with E-state index in [1.807, 2.05) is 0 Å². The van der Waals surface area contributed by atoms with E-state index in [1.54, 1.807) is 36.4 Å². The highest BCUT2D eigenvalue weighted by Crippen LogP contribution is 2.23. The molecule has 0 heterocycles. The first-order valence-electron chi connectivity index (χ1n) is 9.76. The SMILES string of the molecule is O=C(/C=C/c1ccc([N+](=O)[O-])cc1)Nc1ccc(Cl)c(C(=O)NC2CCCCC2)c1. The number of carbonyl (C=O) groups excluding carboxylic acids is 2. The molecule has 2 aromatic carbocycles. The third-order valence-electron chi connectivity index (χ3n) is 4.95. The molecule has 2 amide bonds. The third-order valence-corrected chi connectivity index (χ3v) is 5.28. The molecule has 8 heteroatoms. The quantitative estimate of drug-likeness (QED) is 0.386. The number of nitrogens with zero attached hydrogens (tertiary/aromatic N) is 1. The number of nitrogens with one attached hydrogen (secondary N) is 2. The van der Waals surface area contributed by atoms with E-state index in [1.165, 1.54) is 24.6 Å². The Bertz CT molecular complexity index is 967. The smallest absolute Gasteiger partial charge is 0.269 e. The molecular formula is C22H22ClN3O4. The van der Waals surface area contributed by atoms with Crippen LogP contribution in [-0.4, -0.2) is 22.8 Å². The number of nitro benzene ring substituents is 1. The number of amides is 2. The number of benzene rings is 2. The van der Waals surface area contributed by atoms with Crippen LogP contribution in [0, 0.1) is 10.1 Å². The van der Waals surface area contributed by atoms with Gasteiger partial charge in [-0.15, -0.1) is 0 Å². The van der Waals surface area contributed by atoms with Gasteiger partial charge < -0.3 is 10.6 Å². The zero-order valence-corrected chi connectivity index (χ0v) is 17.0. The summed E-state index contributed by atoms with van der Waals surface area (Å²) >= 11 is 6.19. The minimum Gasteiger partial charge on any atom is -0.349 e. The summed E-state index contributed by atoms with van der Waals surface area (Å²) in [6.45, 7) is 0. The standard InChI is InChI=1S/C22H22ClN3O4/c23-20-12-9-17(14-19(20)22(28)25-16-4-2-1-3-5-16)24-21(27)13-8-15-6-10-18(11-7-15)26(29)30/h6-14,16H,1-5H2,(H,24,27)(H,25,28)/b13-8+. The summed E-state index contributed by atoms with van der Waals surface area (Å²) in [6.07, 6.45) is 8.21. The molecule has 1 aliphatic rings. The normalized spacial score (nSPS) is 14.4. The van der Waals surface area contributed by atoms with Gasteiger partial charge in [-0.25, -0.2) is 0 Å². The molecule has 0 radical (unpaired) electrons. The van der Waals surface area contributed by atoms with Crippen molar-refractivity contribution in [2.24, 2.45) is 0 Å². The van der Waals surface area contributed by atoms with Crippen LogP contribution < -0.4 is 10.6 Å². The third kappa shape index (κ3) is 5.90. The fraction of sp³-hybridized carbons (Fsp3) is 0.273. The Morgan fingerprint density at radius 3 is 2.43 bits per heavy atom.